The molecular formula is C24H25N5O4S. The number of nitrogens with one attached hydrogen (secondary N) is 2. The molecule has 10 heteroatoms. The molecule has 0 aliphatic heterocycles. The highest BCUT2D eigenvalue weighted by molar-refractivity contribution is 7.99. The number of allylic oxidation sites excluding steroid dienone is 1. The van der Waals surface area contributed by atoms with Gasteiger partial charge in [-0.15, -0.1) is 16.8 Å². The van der Waals surface area contributed by atoms with Gasteiger partial charge in [-0.05, 0) is 43.3 Å². The van der Waals surface area contributed by atoms with Gasteiger partial charge in [-0.2, -0.15) is 0 Å². The zero-order valence-electron chi connectivity index (χ0n) is 18.7. The van der Waals surface area contributed by atoms with Gasteiger partial charge in [0.15, 0.2) is 11.0 Å². The predicted molar refractivity (Wildman–Crippen MR) is 130 cm³/mol. The summed E-state index contributed by atoms with van der Waals surface area (Å²) < 4.78 is 6.74. The lowest BCUT2D eigenvalue weighted by Gasteiger charge is -2.09. The number of aromatic nitrogens is 3. The number of carbonyl (C=O) groups is 3. The van der Waals surface area contributed by atoms with Crippen molar-refractivity contribution in [1.82, 2.24) is 20.1 Å². The van der Waals surface area contributed by atoms with Crippen LogP contribution in [0.1, 0.15) is 33.5 Å². The first-order valence-electron chi connectivity index (χ1n) is 10.6. The Morgan fingerprint density at radius 1 is 1.06 bits per heavy atom. The van der Waals surface area contributed by atoms with Crippen molar-refractivity contribution < 1.29 is 19.1 Å². The summed E-state index contributed by atoms with van der Waals surface area (Å²) in [5.74, 6) is -0.196. The van der Waals surface area contributed by atoms with E-state index in [-0.39, 0.29) is 24.1 Å². The Kier molecular flexibility index (Phi) is 8.98. The molecule has 2 aromatic carbocycles. The van der Waals surface area contributed by atoms with Gasteiger partial charge in [-0.1, -0.05) is 36.0 Å². The van der Waals surface area contributed by atoms with Crippen LogP contribution in [0.5, 0.6) is 0 Å². The van der Waals surface area contributed by atoms with Crippen LogP contribution >= 0.6 is 11.8 Å². The number of esters is 1. The summed E-state index contributed by atoms with van der Waals surface area (Å²) in [6.45, 7) is 6.42. The van der Waals surface area contributed by atoms with Gasteiger partial charge < -0.3 is 19.9 Å². The SMILES string of the molecule is C=CCn1c(CNC(=O)c2ccccc2)nnc1SCC(=O)Nc1ccc(C(=O)OCC)cc1. The average Bonchev–Trinajstić information content (AvgIpc) is 3.24. The van der Waals surface area contributed by atoms with Crippen molar-refractivity contribution in [3.05, 3.63) is 84.2 Å². The van der Waals surface area contributed by atoms with Crippen LogP contribution in [-0.2, 0) is 22.6 Å². The van der Waals surface area contributed by atoms with E-state index in [0.29, 0.717) is 40.9 Å². The minimum atomic E-state index is -0.409. The molecule has 0 unspecified atom stereocenters. The smallest absolute Gasteiger partial charge is 0.338 e. The van der Waals surface area contributed by atoms with Crippen LogP contribution in [-0.4, -0.2) is 44.9 Å². The molecule has 1 heterocycles. The Morgan fingerprint density at radius 3 is 2.47 bits per heavy atom. The summed E-state index contributed by atoms with van der Waals surface area (Å²) in [7, 11) is 0. The number of rotatable bonds is 11. The molecule has 9 nitrogen and oxygen atoms in total. The number of thioether (sulfide) groups is 1. The predicted octanol–water partition coefficient (Wildman–Crippen LogP) is 3.30. The minimum absolute atomic E-state index is 0.102. The number of hydrogen-bond donors (Lipinski definition) is 2. The topological polar surface area (TPSA) is 115 Å². The number of anilines is 1. The lowest BCUT2D eigenvalue weighted by Crippen LogP contribution is -2.24. The zero-order valence-corrected chi connectivity index (χ0v) is 19.5. The molecule has 0 spiro atoms. The summed E-state index contributed by atoms with van der Waals surface area (Å²) in [4.78, 5) is 36.4. The number of nitrogens with zero attached hydrogens (tertiary/aromatic N) is 3. The second-order valence-electron chi connectivity index (χ2n) is 6.98. The molecule has 0 saturated heterocycles. The first-order valence-corrected chi connectivity index (χ1v) is 11.6. The number of ether oxygens (including phenoxy) is 1. The molecule has 34 heavy (non-hydrogen) atoms. The fourth-order valence-electron chi connectivity index (χ4n) is 2.95. The maximum Gasteiger partial charge on any atom is 0.338 e. The third kappa shape index (κ3) is 6.79. The highest BCUT2D eigenvalue weighted by Gasteiger charge is 2.15. The molecule has 176 valence electrons. The van der Waals surface area contributed by atoms with E-state index in [2.05, 4.69) is 27.4 Å². The van der Waals surface area contributed by atoms with E-state index >= 15 is 0 Å². The quantitative estimate of drug-likeness (QED) is 0.246. The second kappa shape index (κ2) is 12.4. The summed E-state index contributed by atoms with van der Waals surface area (Å²) in [5.41, 5.74) is 1.54. The van der Waals surface area contributed by atoms with Crippen LogP contribution in [0.25, 0.3) is 0 Å². The lowest BCUT2D eigenvalue weighted by atomic mass is 10.2. The Bertz CT molecular complexity index is 1150. The monoisotopic (exact) mass is 479 g/mol. The molecule has 1 aromatic heterocycles. The van der Waals surface area contributed by atoms with Gasteiger partial charge >= 0.3 is 5.97 Å². The van der Waals surface area contributed by atoms with Gasteiger partial charge in [0.25, 0.3) is 5.91 Å². The van der Waals surface area contributed by atoms with Crippen LogP contribution in [0.2, 0.25) is 0 Å². The zero-order chi connectivity index (χ0) is 24.3. The molecule has 0 atom stereocenters. The van der Waals surface area contributed by atoms with Gasteiger partial charge in [0.2, 0.25) is 5.91 Å². The van der Waals surface area contributed by atoms with Gasteiger partial charge in [0, 0.05) is 17.8 Å². The van der Waals surface area contributed by atoms with E-state index in [9.17, 15) is 14.4 Å². The van der Waals surface area contributed by atoms with Crippen LogP contribution in [0.3, 0.4) is 0 Å². The molecule has 0 saturated carbocycles. The van der Waals surface area contributed by atoms with Gasteiger partial charge in [0.05, 0.1) is 24.5 Å². The van der Waals surface area contributed by atoms with Crippen molar-refractivity contribution in [2.24, 2.45) is 0 Å². The molecule has 0 bridgehead atoms. The standard InChI is InChI=1S/C24H25N5O4S/c1-3-14-29-20(15-25-22(31)17-8-6-5-7-9-17)27-28-24(29)34-16-21(30)26-19-12-10-18(11-13-19)23(32)33-4-2/h3,5-13H,1,4,14-16H2,2H3,(H,25,31)(H,26,30). The number of amides is 2. The van der Waals surface area contributed by atoms with Gasteiger partial charge in [-0.3, -0.25) is 9.59 Å². The summed E-state index contributed by atoms with van der Waals surface area (Å²) in [5, 5.41) is 14.5. The van der Waals surface area contributed by atoms with Crippen LogP contribution in [0.4, 0.5) is 5.69 Å². The fourth-order valence-corrected chi connectivity index (χ4v) is 3.72. The normalized spacial score (nSPS) is 10.4. The van der Waals surface area contributed by atoms with Crippen LogP contribution in [0, 0.1) is 0 Å². The molecule has 3 rings (SSSR count). The molecule has 3 aromatic rings. The molecule has 2 amide bonds. The van der Waals surface area contributed by atoms with Crippen molar-refractivity contribution in [2.75, 3.05) is 17.7 Å². The van der Waals surface area contributed by atoms with Gasteiger partial charge in [-0.25, -0.2) is 4.79 Å². The Balaban J connectivity index is 1.56. The first kappa shape index (κ1) is 24.7. The Morgan fingerprint density at radius 2 is 1.79 bits per heavy atom. The number of hydrogen-bond acceptors (Lipinski definition) is 7. The van der Waals surface area contributed by atoms with E-state index < -0.39 is 5.97 Å². The summed E-state index contributed by atoms with van der Waals surface area (Å²) in [6, 6.07) is 15.4. The molecule has 0 aliphatic rings. The summed E-state index contributed by atoms with van der Waals surface area (Å²) >= 11 is 1.22. The van der Waals surface area contributed by atoms with Crippen molar-refractivity contribution in [1.29, 1.82) is 0 Å². The van der Waals surface area contributed by atoms with E-state index in [4.69, 9.17) is 4.74 Å². The van der Waals surface area contributed by atoms with Crippen LogP contribution < -0.4 is 10.6 Å². The highest BCUT2D eigenvalue weighted by atomic mass is 32.2. The van der Waals surface area contributed by atoms with Crippen molar-refractivity contribution >= 4 is 35.2 Å². The first-order chi connectivity index (χ1) is 16.5. The molecular weight excluding hydrogens is 454 g/mol. The van der Waals surface area contributed by atoms with Crippen molar-refractivity contribution in [3.8, 4) is 0 Å². The van der Waals surface area contributed by atoms with Crippen LogP contribution in [0.15, 0.2) is 72.4 Å². The Labute approximate surface area is 201 Å². The maximum absolute atomic E-state index is 12.4. The summed E-state index contributed by atoms with van der Waals surface area (Å²) in [6.07, 6.45) is 1.70. The molecule has 2 N–H and O–H groups in total. The number of carbonyl (C=O) groups excluding carboxylic acids is 3. The maximum atomic E-state index is 12.4. The van der Waals surface area contributed by atoms with Crippen molar-refractivity contribution in [3.63, 3.8) is 0 Å². The van der Waals surface area contributed by atoms with E-state index in [1.54, 1.807) is 66.1 Å². The lowest BCUT2D eigenvalue weighted by molar-refractivity contribution is -0.113. The highest BCUT2D eigenvalue weighted by Crippen LogP contribution is 2.18. The Hall–Kier alpha value is -3.92. The van der Waals surface area contributed by atoms with Gasteiger partial charge in [0.1, 0.15) is 0 Å². The largest absolute Gasteiger partial charge is 0.462 e. The third-order valence-corrected chi connectivity index (χ3v) is 5.53. The second-order valence-corrected chi connectivity index (χ2v) is 7.92. The fraction of sp³-hybridized carbons (Fsp3) is 0.208. The molecule has 0 aliphatic carbocycles. The average molecular weight is 480 g/mol. The molecule has 0 radical (unpaired) electrons. The third-order valence-electron chi connectivity index (χ3n) is 4.56. The number of benzene rings is 2. The minimum Gasteiger partial charge on any atom is -0.462 e. The van der Waals surface area contributed by atoms with E-state index in [1.165, 1.54) is 11.8 Å². The van der Waals surface area contributed by atoms with E-state index in [1.807, 2.05) is 6.07 Å². The van der Waals surface area contributed by atoms with Crippen molar-refractivity contribution in [2.45, 2.75) is 25.2 Å². The van der Waals surface area contributed by atoms with E-state index in [0.717, 1.165) is 0 Å². The molecule has 0 fully saturated rings.